The van der Waals surface area contributed by atoms with Gasteiger partial charge >= 0.3 is 5.97 Å². The molecule has 2 amide bonds. The number of ether oxygens (including phenoxy) is 1. The first-order valence-corrected chi connectivity index (χ1v) is 23.1. The first-order valence-electron chi connectivity index (χ1n) is 23.1. The Labute approximate surface area is 348 Å². The van der Waals surface area contributed by atoms with Crippen LogP contribution in [0.3, 0.4) is 0 Å². The van der Waals surface area contributed by atoms with Crippen molar-refractivity contribution >= 4 is 17.8 Å². The summed E-state index contributed by atoms with van der Waals surface area (Å²) >= 11 is 0. The summed E-state index contributed by atoms with van der Waals surface area (Å²) in [6, 6.07) is 0. The van der Waals surface area contributed by atoms with Gasteiger partial charge in [-0.25, -0.2) is 0 Å². The van der Waals surface area contributed by atoms with Gasteiger partial charge in [0.25, 0.3) is 0 Å². The first kappa shape index (κ1) is 50.7. The molecule has 0 radical (unpaired) electrons. The summed E-state index contributed by atoms with van der Waals surface area (Å²) in [4.78, 5) is 40.0. The van der Waals surface area contributed by atoms with Crippen molar-refractivity contribution in [2.24, 2.45) is 29.1 Å². The van der Waals surface area contributed by atoms with Gasteiger partial charge in [-0.2, -0.15) is 0 Å². The Kier molecular flexibility index (Phi) is 25.6. The molecule has 9 nitrogen and oxygen atoms in total. The Morgan fingerprint density at radius 1 is 0.877 bits per heavy atom. The van der Waals surface area contributed by atoms with Crippen molar-refractivity contribution in [2.75, 3.05) is 33.2 Å². The Bertz CT molecular complexity index is 1230. The summed E-state index contributed by atoms with van der Waals surface area (Å²) in [5.74, 6) is 0.566. The Morgan fingerprint density at radius 3 is 2.11 bits per heavy atom. The predicted octanol–water partition coefficient (Wildman–Crippen LogP) is 9.22. The highest BCUT2D eigenvalue weighted by molar-refractivity contribution is 5.77. The molecule has 0 aromatic rings. The molecule has 0 aromatic heterocycles. The topological polar surface area (TPSA) is 128 Å². The maximum Gasteiger partial charge on any atom is 0.311 e. The fourth-order valence-corrected chi connectivity index (χ4v) is 8.18. The van der Waals surface area contributed by atoms with Crippen molar-refractivity contribution in [3.05, 3.63) is 36.0 Å². The van der Waals surface area contributed by atoms with E-state index in [0.717, 1.165) is 25.7 Å². The van der Waals surface area contributed by atoms with E-state index >= 15 is 0 Å². The second kappa shape index (κ2) is 28.9. The van der Waals surface area contributed by atoms with Crippen LogP contribution in [0.5, 0.6) is 0 Å². The Morgan fingerprint density at radius 2 is 1.47 bits per heavy atom. The normalized spacial score (nSPS) is 21.9. The van der Waals surface area contributed by atoms with E-state index in [9.17, 15) is 24.6 Å². The van der Waals surface area contributed by atoms with E-state index in [1.807, 2.05) is 27.8 Å². The summed E-state index contributed by atoms with van der Waals surface area (Å²) < 4.78 is 6.22. The number of likely N-dealkylation sites (N-methyl/N-ethyl adjacent to an activating group) is 1. The fraction of sp³-hybridized carbons (Fsp3) is 0.812. The van der Waals surface area contributed by atoms with Crippen LogP contribution in [0, 0.1) is 29.1 Å². The molecule has 57 heavy (non-hydrogen) atoms. The van der Waals surface area contributed by atoms with E-state index < -0.39 is 17.6 Å². The maximum atomic E-state index is 13.1. The lowest BCUT2D eigenvalue weighted by atomic mass is 9.65. The van der Waals surface area contributed by atoms with Crippen molar-refractivity contribution < 1.29 is 29.3 Å². The number of nitrogens with one attached hydrogen (secondary N) is 2. The molecule has 2 aliphatic rings. The number of esters is 1. The van der Waals surface area contributed by atoms with Crippen LogP contribution >= 0.6 is 0 Å². The third-order valence-corrected chi connectivity index (χ3v) is 12.4. The molecule has 2 aliphatic carbocycles. The highest BCUT2D eigenvalue weighted by Crippen LogP contribution is 2.45. The minimum atomic E-state index is -0.936. The third-order valence-electron chi connectivity index (χ3n) is 12.4. The minimum absolute atomic E-state index is 0.0611. The second-order valence-electron chi connectivity index (χ2n) is 18.1. The highest BCUT2D eigenvalue weighted by Gasteiger charge is 2.43. The van der Waals surface area contributed by atoms with Crippen LogP contribution in [0.25, 0.3) is 0 Å². The lowest BCUT2D eigenvalue weighted by Crippen LogP contribution is -2.43. The number of nitrogens with zero attached hydrogens (tertiary/aromatic N) is 1. The standard InChI is InChI=1S/C48H85N3O6/c1-8-10-11-12-13-14-15-16-17-18-19-20-21-22-23-24-44(54)49-29-31-51(7)32-30-50-45(55)36-41(53)35-40(52)27-28-42-38(4)25-26-39-33-37(3)34-43(46(39)42)57-47(56)48(5,6)9-2/h16-17,25-26,33,37-38,40-43,46,52-53H,8-15,18-24,27-32,34-36H2,1-7H3,(H,49,54)(H,50,55). The number of carbonyl (C=O) groups excluding carboxylic acids is 3. The quantitative estimate of drug-likeness (QED) is 0.0313. The van der Waals surface area contributed by atoms with Gasteiger partial charge < -0.3 is 30.5 Å². The Balaban J connectivity index is 1.55. The van der Waals surface area contributed by atoms with Crippen LogP contribution in [-0.2, 0) is 19.1 Å². The van der Waals surface area contributed by atoms with Crippen LogP contribution in [-0.4, -0.2) is 84.4 Å². The van der Waals surface area contributed by atoms with Crippen molar-refractivity contribution in [1.29, 1.82) is 0 Å². The minimum Gasteiger partial charge on any atom is -0.461 e. The lowest BCUT2D eigenvalue weighted by Gasteiger charge is -2.44. The highest BCUT2D eigenvalue weighted by atomic mass is 16.5. The van der Waals surface area contributed by atoms with Gasteiger partial charge in [0.1, 0.15) is 6.10 Å². The summed E-state index contributed by atoms with van der Waals surface area (Å²) in [5, 5.41) is 27.4. The van der Waals surface area contributed by atoms with Gasteiger partial charge in [-0.05, 0) is 108 Å². The molecule has 0 bridgehead atoms. The average molecular weight is 800 g/mol. The van der Waals surface area contributed by atoms with E-state index in [-0.39, 0.29) is 54.5 Å². The molecule has 0 aromatic carbocycles. The number of rotatable bonds is 31. The summed E-state index contributed by atoms with van der Waals surface area (Å²) in [6.07, 6.45) is 29.1. The molecule has 7 atom stereocenters. The van der Waals surface area contributed by atoms with Gasteiger partial charge in [0.05, 0.1) is 24.0 Å². The SMILES string of the molecule is CCCCCCCCC=CCCCCCCCC(=O)NCCN(C)CCNC(=O)CC(O)CC(O)CCC1C(C)C=CC2=CC(C)CC(OC(=O)C(C)(C)CC)C21. The van der Waals surface area contributed by atoms with E-state index in [0.29, 0.717) is 51.4 Å². The molecule has 2 rings (SSSR count). The third kappa shape index (κ3) is 21.4. The monoisotopic (exact) mass is 800 g/mol. The number of aliphatic hydroxyl groups is 2. The van der Waals surface area contributed by atoms with Crippen LogP contribution in [0.15, 0.2) is 36.0 Å². The molecule has 0 fully saturated rings. The van der Waals surface area contributed by atoms with Crippen LogP contribution < -0.4 is 10.6 Å². The molecule has 0 spiro atoms. The number of aliphatic hydroxyl groups excluding tert-OH is 2. The lowest BCUT2D eigenvalue weighted by molar-refractivity contribution is -0.164. The first-order chi connectivity index (χ1) is 27.3. The molecule has 7 unspecified atom stereocenters. The zero-order valence-electron chi connectivity index (χ0n) is 37.4. The zero-order valence-corrected chi connectivity index (χ0v) is 37.4. The zero-order chi connectivity index (χ0) is 42.1. The fourth-order valence-electron chi connectivity index (χ4n) is 8.18. The van der Waals surface area contributed by atoms with Gasteiger partial charge in [0.2, 0.25) is 11.8 Å². The Hall–Kier alpha value is -2.49. The van der Waals surface area contributed by atoms with Gasteiger partial charge in [0, 0.05) is 38.5 Å². The molecule has 0 aliphatic heterocycles. The second-order valence-corrected chi connectivity index (χ2v) is 18.1. The maximum absolute atomic E-state index is 13.1. The van der Waals surface area contributed by atoms with Crippen molar-refractivity contribution in [1.82, 2.24) is 15.5 Å². The van der Waals surface area contributed by atoms with Crippen molar-refractivity contribution in [3.63, 3.8) is 0 Å². The van der Waals surface area contributed by atoms with Gasteiger partial charge in [-0.3, -0.25) is 14.4 Å². The van der Waals surface area contributed by atoms with Gasteiger partial charge in [-0.1, -0.05) is 109 Å². The molecule has 328 valence electrons. The van der Waals surface area contributed by atoms with Crippen LogP contribution in [0.4, 0.5) is 0 Å². The molecule has 0 saturated heterocycles. The number of fused-ring (bicyclic) bond motifs is 1. The van der Waals surface area contributed by atoms with E-state index in [1.54, 1.807) is 0 Å². The van der Waals surface area contributed by atoms with Crippen molar-refractivity contribution in [3.8, 4) is 0 Å². The molecular formula is C48H85N3O6. The number of allylic oxidation sites excluding steroid dienone is 5. The van der Waals surface area contributed by atoms with Crippen LogP contribution in [0.2, 0.25) is 0 Å². The number of amides is 2. The van der Waals surface area contributed by atoms with Gasteiger partial charge in [-0.15, -0.1) is 0 Å². The van der Waals surface area contributed by atoms with E-state index in [2.05, 4.69) is 66.7 Å². The molecule has 9 heteroatoms. The van der Waals surface area contributed by atoms with Crippen LogP contribution in [0.1, 0.15) is 170 Å². The van der Waals surface area contributed by atoms with E-state index in [4.69, 9.17) is 4.74 Å². The summed E-state index contributed by atoms with van der Waals surface area (Å²) in [7, 11) is 1.96. The van der Waals surface area contributed by atoms with E-state index in [1.165, 1.54) is 76.2 Å². The largest absolute Gasteiger partial charge is 0.461 e. The average Bonchev–Trinajstić information content (AvgIpc) is 3.15. The molecule has 0 saturated carbocycles. The van der Waals surface area contributed by atoms with Gasteiger partial charge in [0.15, 0.2) is 0 Å². The number of unbranched alkanes of at least 4 members (excludes halogenated alkanes) is 11. The number of hydrogen-bond donors (Lipinski definition) is 4. The summed E-state index contributed by atoms with van der Waals surface area (Å²) in [5.41, 5.74) is 0.683. The number of hydrogen-bond acceptors (Lipinski definition) is 7. The molecular weight excluding hydrogens is 715 g/mol. The summed E-state index contributed by atoms with van der Waals surface area (Å²) in [6.45, 7) is 14.8. The molecule has 4 N–H and O–H groups in total. The number of carbonyl (C=O) groups is 3. The van der Waals surface area contributed by atoms with Crippen molar-refractivity contribution in [2.45, 2.75) is 188 Å². The smallest absolute Gasteiger partial charge is 0.311 e. The predicted molar refractivity (Wildman–Crippen MR) is 235 cm³/mol. The molecule has 0 heterocycles.